The molecule has 0 amide bonds. The number of hydrogen-bond donors (Lipinski definition) is 0. The van der Waals surface area contributed by atoms with Crippen LogP contribution in [0.5, 0.6) is 0 Å². The van der Waals surface area contributed by atoms with E-state index in [1.165, 1.54) is 0 Å². The van der Waals surface area contributed by atoms with E-state index >= 15 is 0 Å². The van der Waals surface area contributed by atoms with Crippen molar-refractivity contribution in [2.75, 3.05) is 11.2 Å². The van der Waals surface area contributed by atoms with E-state index in [2.05, 4.69) is 37.9 Å². The normalized spacial score (nSPS) is 17.1. The van der Waals surface area contributed by atoms with E-state index < -0.39 is 9.71 Å². The predicted octanol–water partition coefficient (Wildman–Crippen LogP) is 4.59. The van der Waals surface area contributed by atoms with Crippen molar-refractivity contribution in [3.8, 4) is 12.1 Å². The van der Waals surface area contributed by atoms with Crippen molar-refractivity contribution in [1.82, 2.24) is 0 Å². The largest absolute Gasteiger partial charge is 0.197 e. The SMILES string of the molecule is CC(Br)(C#N)CBr.N#CC(Cl)(CCl)C(Cl)Cl. The maximum absolute atomic E-state index is 8.32. The number of nitriles is 2. The van der Waals surface area contributed by atoms with Crippen molar-refractivity contribution >= 4 is 78.3 Å². The van der Waals surface area contributed by atoms with E-state index in [0.29, 0.717) is 5.33 Å². The molecule has 8 heteroatoms. The van der Waals surface area contributed by atoms with Gasteiger partial charge in [-0.3, -0.25) is 0 Å². The summed E-state index contributed by atoms with van der Waals surface area (Å²) in [5, 5.41) is 17.3. The number of hydrogen-bond acceptors (Lipinski definition) is 2. The second-order valence-electron chi connectivity index (χ2n) is 2.85. The predicted molar refractivity (Wildman–Crippen MR) is 77.2 cm³/mol. The van der Waals surface area contributed by atoms with Gasteiger partial charge in [-0.15, -0.1) is 34.8 Å². The topological polar surface area (TPSA) is 47.6 Å². The first-order chi connectivity index (χ1) is 7.19. The molecule has 0 heterocycles. The van der Waals surface area contributed by atoms with Crippen LogP contribution in [-0.2, 0) is 0 Å². The Morgan fingerprint density at radius 1 is 1.31 bits per heavy atom. The third kappa shape index (κ3) is 8.23. The standard InChI is InChI=1S/C4H5Br2N.C4H3Cl4N/c1-4(6,2-5)3-7;5-1-4(8,2-9)3(6)7/h2H2,1H3;3H,1H2. The van der Waals surface area contributed by atoms with Gasteiger partial charge in [0, 0.05) is 5.33 Å². The van der Waals surface area contributed by atoms with Gasteiger partial charge in [0.1, 0.15) is 9.16 Å². The minimum Gasteiger partial charge on any atom is -0.197 e. The Hall–Kier alpha value is 1.10. The molecule has 0 spiro atoms. The molecule has 92 valence electrons. The van der Waals surface area contributed by atoms with Crippen LogP contribution in [-0.4, -0.2) is 25.2 Å². The highest BCUT2D eigenvalue weighted by molar-refractivity contribution is 9.12. The summed E-state index contributed by atoms with van der Waals surface area (Å²) in [6, 6.07) is 3.76. The molecular formula is C8H8Br2Cl4N2. The van der Waals surface area contributed by atoms with Gasteiger partial charge < -0.3 is 0 Å². The summed E-state index contributed by atoms with van der Waals surface area (Å²) < 4.78 is -0.382. The Morgan fingerprint density at radius 3 is 1.75 bits per heavy atom. The van der Waals surface area contributed by atoms with E-state index in [-0.39, 0.29) is 10.2 Å². The number of rotatable bonds is 3. The van der Waals surface area contributed by atoms with Crippen molar-refractivity contribution in [1.29, 1.82) is 10.5 Å². The molecule has 0 aromatic carbocycles. The Labute approximate surface area is 132 Å². The first kappa shape index (κ1) is 19.4. The lowest BCUT2D eigenvalue weighted by Crippen LogP contribution is -2.29. The van der Waals surface area contributed by atoms with E-state index in [1.54, 1.807) is 6.07 Å². The number of nitrogens with zero attached hydrogens (tertiary/aromatic N) is 2. The van der Waals surface area contributed by atoms with Crippen LogP contribution in [0.15, 0.2) is 0 Å². The van der Waals surface area contributed by atoms with Gasteiger partial charge in [-0.25, -0.2) is 0 Å². The second kappa shape index (κ2) is 9.09. The summed E-state index contributed by atoms with van der Waals surface area (Å²) in [7, 11) is 0. The van der Waals surface area contributed by atoms with Crippen LogP contribution in [0.1, 0.15) is 6.92 Å². The van der Waals surface area contributed by atoms with Crippen LogP contribution in [0.25, 0.3) is 0 Å². The molecule has 0 radical (unpaired) electrons. The maximum Gasteiger partial charge on any atom is 0.174 e. The van der Waals surface area contributed by atoms with E-state index in [9.17, 15) is 0 Å². The molecule has 0 aliphatic rings. The highest BCUT2D eigenvalue weighted by Gasteiger charge is 2.33. The first-order valence-electron chi connectivity index (χ1n) is 3.79. The lowest BCUT2D eigenvalue weighted by molar-refractivity contribution is 0.871. The highest BCUT2D eigenvalue weighted by Crippen LogP contribution is 2.27. The summed E-state index contributed by atoms with van der Waals surface area (Å²) in [5.41, 5.74) is 0. The van der Waals surface area contributed by atoms with Gasteiger partial charge in [-0.2, -0.15) is 10.5 Å². The van der Waals surface area contributed by atoms with Gasteiger partial charge >= 0.3 is 0 Å². The second-order valence-corrected chi connectivity index (χ2v) is 7.20. The van der Waals surface area contributed by atoms with Gasteiger partial charge in [0.2, 0.25) is 0 Å². The molecule has 0 rings (SSSR count). The lowest BCUT2D eigenvalue weighted by atomic mass is 10.2. The van der Waals surface area contributed by atoms with Gasteiger partial charge in [-0.1, -0.05) is 43.5 Å². The number of alkyl halides is 6. The van der Waals surface area contributed by atoms with Crippen molar-refractivity contribution in [2.45, 2.75) is 21.0 Å². The molecular weight excluding hydrogens is 426 g/mol. The van der Waals surface area contributed by atoms with E-state index in [1.807, 2.05) is 6.92 Å². The molecule has 0 saturated carbocycles. The van der Waals surface area contributed by atoms with Crippen LogP contribution in [0.4, 0.5) is 0 Å². The maximum atomic E-state index is 8.32. The van der Waals surface area contributed by atoms with Crippen LogP contribution < -0.4 is 0 Å². The van der Waals surface area contributed by atoms with Gasteiger partial charge in [0.15, 0.2) is 4.87 Å². The summed E-state index contributed by atoms with van der Waals surface area (Å²) in [5.74, 6) is -0.0806. The van der Waals surface area contributed by atoms with Gasteiger partial charge in [-0.05, 0) is 6.92 Å². The fraction of sp³-hybridized carbons (Fsp3) is 0.750. The minimum atomic E-state index is -1.34. The van der Waals surface area contributed by atoms with Crippen LogP contribution >= 0.6 is 78.3 Å². The van der Waals surface area contributed by atoms with Crippen molar-refractivity contribution in [3.05, 3.63) is 0 Å². The molecule has 0 N–H and O–H groups in total. The smallest absolute Gasteiger partial charge is 0.174 e. The summed E-state index contributed by atoms with van der Waals surface area (Å²) >= 11 is 27.7. The molecule has 0 aromatic rings. The van der Waals surface area contributed by atoms with Gasteiger partial charge in [0.25, 0.3) is 0 Å². The zero-order valence-corrected chi connectivity index (χ0v) is 14.3. The quantitative estimate of drug-likeness (QED) is 0.611. The summed E-state index contributed by atoms with van der Waals surface area (Å²) in [4.78, 5) is -2.30. The third-order valence-electron chi connectivity index (χ3n) is 1.21. The molecule has 0 bridgehead atoms. The highest BCUT2D eigenvalue weighted by atomic mass is 79.9. The van der Waals surface area contributed by atoms with E-state index in [4.69, 9.17) is 56.9 Å². The lowest BCUT2D eigenvalue weighted by Gasteiger charge is -2.15. The average Bonchev–Trinajstić information content (AvgIpc) is 2.28. The fourth-order valence-electron chi connectivity index (χ4n) is 0.167. The Kier molecular flexibility index (Phi) is 11.0. The minimum absolute atomic E-state index is 0.0806. The number of halogens is 6. The average molecular weight is 434 g/mol. The van der Waals surface area contributed by atoms with Crippen molar-refractivity contribution in [2.24, 2.45) is 0 Å². The van der Waals surface area contributed by atoms with E-state index in [0.717, 1.165) is 0 Å². The van der Waals surface area contributed by atoms with Crippen LogP contribution in [0.3, 0.4) is 0 Å². The zero-order valence-electron chi connectivity index (χ0n) is 8.15. The molecule has 0 aliphatic heterocycles. The molecule has 0 aromatic heterocycles. The summed E-state index contributed by atoms with van der Waals surface area (Å²) in [6.45, 7) is 1.81. The molecule has 2 atom stereocenters. The first-order valence-corrected chi connectivity index (χ1v) is 7.49. The Bertz CT molecular complexity index is 285. The molecule has 0 aliphatic carbocycles. The molecule has 0 fully saturated rings. The molecule has 2 unspecified atom stereocenters. The van der Waals surface area contributed by atoms with Crippen LogP contribution in [0.2, 0.25) is 0 Å². The fourth-order valence-corrected chi connectivity index (χ4v) is 0.916. The van der Waals surface area contributed by atoms with Crippen molar-refractivity contribution in [3.63, 3.8) is 0 Å². The molecule has 16 heavy (non-hydrogen) atoms. The van der Waals surface area contributed by atoms with Crippen LogP contribution in [0, 0.1) is 22.7 Å². The third-order valence-corrected chi connectivity index (χ3v) is 5.51. The zero-order chi connectivity index (χ0) is 13.4. The Balaban J connectivity index is 0. The molecule has 2 nitrogen and oxygen atoms in total. The Morgan fingerprint density at radius 2 is 1.75 bits per heavy atom. The summed E-state index contributed by atoms with van der Waals surface area (Å²) in [6.07, 6.45) is 0. The van der Waals surface area contributed by atoms with Crippen molar-refractivity contribution < 1.29 is 0 Å². The monoisotopic (exact) mass is 430 g/mol. The van der Waals surface area contributed by atoms with Gasteiger partial charge in [0.05, 0.1) is 18.0 Å². The molecule has 0 saturated heterocycles.